The first-order valence-corrected chi connectivity index (χ1v) is 6.03. The molecule has 98 valence electrons. The topological polar surface area (TPSA) is 49.4 Å². The number of fused-ring (bicyclic) bond motifs is 1. The van der Waals surface area contributed by atoms with Crippen molar-refractivity contribution in [3.63, 3.8) is 0 Å². The summed E-state index contributed by atoms with van der Waals surface area (Å²) < 4.78 is 12.8. The van der Waals surface area contributed by atoms with Crippen LogP contribution >= 0.6 is 0 Å². The lowest BCUT2D eigenvalue weighted by Gasteiger charge is -2.10. The van der Waals surface area contributed by atoms with Crippen LogP contribution < -0.4 is 15.2 Å². The van der Waals surface area contributed by atoms with E-state index in [0.29, 0.717) is 12.5 Å². The van der Waals surface area contributed by atoms with Gasteiger partial charge in [-0.15, -0.1) is 0 Å². The van der Waals surface area contributed by atoms with Crippen molar-refractivity contribution in [2.24, 2.45) is 12.8 Å². The standard InChI is InChI=1S/C14H20N2O2/c1-9(7-15)11-8-16(2)12-6-14(18-4)13(17-3)5-10(11)12/h5-6,8-9H,7,15H2,1-4H3. The van der Waals surface area contributed by atoms with E-state index in [-0.39, 0.29) is 0 Å². The largest absolute Gasteiger partial charge is 0.493 e. The van der Waals surface area contributed by atoms with Crippen molar-refractivity contribution in [2.75, 3.05) is 20.8 Å². The summed E-state index contributed by atoms with van der Waals surface area (Å²) in [6.07, 6.45) is 2.13. The van der Waals surface area contributed by atoms with Gasteiger partial charge in [0.2, 0.25) is 0 Å². The van der Waals surface area contributed by atoms with Crippen molar-refractivity contribution in [3.8, 4) is 11.5 Å². The zero-order valence-electron chi connectivity index (χ0n) is 11.4. The number of nitrogens with two attached hydrogens (primary N) is 1. The molecule has 1 atom stereocenters. The maximum Gasteiger partial charge on any atom is 0.162 e. The van der Waals surface area contributed by atoms with E-state index in [1.807, 2.05) is 19.2 Å². The Morgan fingerprint density at radius 2 is 1.83 bits per heavy atom. The highest BCUT2D eigenvalue weighted by Crippen LogP contribution is 2.36. The predicted octanol–water partition coefficient (Wildman–Crippen LogP) is 2.26. The Balaban J connectivity index is 2.70. The van der Waals surface area contributed by atoms with E-state index in [1.54, 1.807) is 14.2 Å². The van der Waals surface area contributed by atoms with Crippen molar-refractivity contribution in [1.29, 1.82) is 0 Å². The number of nitrogens with zero attached hydrogens (tertiary/aromatic N) is 1. The van der Waals surface area contributed by atoms with Gasteiger partial charge < -0.3 is 19.8 Å². The van der Waals surface area contributed by atoms with Gasteiger partial charge in [0, 0.05) is 24.7 Å². The van der Waals surface area contributed by atoms with Gasteiger partial charge in [-0.2, -0.15) is 0 Å². The van der Waals surface area contributed by atoms with Crippen LogP contribution in [0.3, 0.4) is 0 Å². The molecule has 0 amide bonds. The number of rotatable bonds is 4. The van der Waals surface area contributed by atoms with Crippen molar-refractivity contribution in [3.05, 3.63) is 23.9 Å². The van der Waals surface area contributed by atoms with Crippen LogP contribution in [0.5, 0.6) is 11.5 Å². The Morgan fingerprint density at radius 3 is 2.39 bits per heavy atom. The van der Waals surface area contributed by atoms with Crippen LogP contribution in [0.15, 0.2) is 18.3 Å². The minimum Gasteiger partial charge on any atom is -0.493 e. The van der Waals surface area contributed by atoms with Gasteiger partial charge in [0.15, 0.2) is 11.5 Å². The van der Waals surface area contributed by atoms with Gasteiger partial charge in [-0.05, 0) is 24.1 Å². The minimum atomic E-state index is 0.326. The molecule has 0 aliphatic heterocycles. The van der Waals surface area contributed by atoms with Crippen LogP contribution in [0.4, 0.5) is 0 Å². The Kier molecular flexibility index (Phi) is 3.48. The Bertz CT molecular complexity index is 560. The first-order valence-electron chi connectivity index (χ1n) is 6.03. The molecule has 2 rings (SSSR count). The van der Waals surface area contributed by atoms with E-state index >= 15 is 0 Å². The van der Waals surface area contributed by atoms with E-state index in [2.05, 4.69) is 17.7 Å². The second-order valence-corrected chi connectivity index (χ2v) is 4.56. The molecule has 4 nitrogen and oxygen atoms in total. The molecular formula is C14H20N2O2. The minimum absolute atomic E-state index is 0.326. The smallest absolute Gasteiger partial charge is 0.162 e. The first-order chi connectivity index (χ1) is 8.62. The van der Waals surface area contributed by atoms with E-state index in [1.165, 1.54) is 10.9 Å². The Morgan fingerprint density at radius 1 is 1.22 bits per heavy atom. The summed E-state index contributed by atoms with van der Waals surface area (Å²) in [4.78, 5) is 0. The lowest BCUT2D eigenvalue weighted by molar-refractivity contribution is 0.355. The molecule has 0 aliphatic rings. The third-order valence-corrected chi connectivity index (χ3v) is 3.41. The molecule has 0 fully saturated rings. The second kappa shape index (κ2) is 4.90. The van der Waals surface area contributed by atoms with Gasteiger partial charge in [0.25, 0.3) is 0 Å². The van der Waals surface area contributed by atoms with E-state index < -0.39 is 0 Å². The maximum atomic E-state index is 5.77. The van der Waals surface area contributed by atoms with Crippen LogP contribution in [0, 0.1) is 0 Å². The van der Waals surface area contributed by atoms with Crippen molar-refractivity contribution in [1.82, 2.24) is 4.57 Å². The van der Waals surface area contributed by atoms with E-state index in [0.717, 1.165) is 17.0 Å². The average molecular weight is 248 g/mol. The van der Waals surface area contributed by atoms with E-state index in [4.69, 9.17) is 15.2 Å². The Labute approximate surface area is 107 Å². The lowest BCUT2D eigenvalue weighted by atomic mass is 10.0. The fourth-order valence-corrected chi connectivity index (χ4v) is 2.26. The molecule has 4 heteroatoms. The number of aromatic nitrogens is 1. The number of methoxy groups -OCH3 is 2. The average Bonchev–Trinajstić information content (AvgIpc) is 2.73. The predicted molar refractivity (Wildman–Crippen MR) is 73.5 cm³/mol. The SMILES string of the molecule is COc1cc2c(C(C)CN)cn(C)c2cc1OC. The number of benzene rings is 1. The van der Waals surface area contributed by atoms with Crippen LogP contribution in [-0.2, 0) is 7.05 Å². The molecular weight excluding hydrogens is 228 g/mol. The van der Waals surface area contributed by atoms with Crippen molar-refractivity contribution >= 4 is 10.9 Å². The molecule has 0 saturated heterocycles. The molecule has 0 saturated carbocycles. The van der Waals surface area contributed by atoms with E-state index in [9.17, 15) is 0 Å². The third-order valence-electron chi connectivity index (χ3n) is 3.41. The summed E-state index contributed by atoms with van der Waals surface area (Å²) in [6.45, 7) is 2.76. The summed E-state index contributed by atoms with van der Waals surface area (Å²) in [5.74, 6) is 1.83. The monoisotopic (exact) mass is 248 g/mol. The number of aryl methyl sites for hydroxylation is 1. The molecule has 0 aliphatic carbocycles. The quantitative estimate of drug-likeness (QED) is 0.903. The molecule has 2 N–H and O–H groups in total. The molecule has 1 unspecified atom stereocenters. The van der Waals surface area contributed by atoms with Gasteiger partial charge in [-0.3, -0.25) is 0 Å². The van der Waals surface area contributed by atoms with Gasteiger partial charge in [0.05, 0.1) is 19.7 Å². The molecule has 0 radical (unpaired) electrons. The van der Waals surface area contributed by atoms with Crippen LogP contribution in [0.2, 0.25) is 0 Å². The second-order valence-electron chi connectivity index (χ2n) is 4.56. The highest BCUT2D eigenvalue weighted by Gasteiger charge is 2.15. The normalized spacial score (nSPS) is 12.7. The highest BCUT2D eigenvalue weighted by molar-refractivity contribution is 5.88. The van der Waals surface area contributed by atoms with Crippen LogP contribution in [0.25, 0.3) is 10.9 Å². The van der Waals surface area contributed by atoms with Crippen LogP contribution in [-0.4, -0.2) is 25.3 Å². The summed E-state index contributed by atoms with van der Waals surface area (Å²) in [6, 6.07) is 4.02. The fraction of sp³-hybridized carbons (Fsp3) is 0.429. The van der Waals surface area contributed by atoms with Crippen molar-refractivity contribution < 1.29 is 9.47 Å². The molecule has 2 aromatic rings. The van der Waals surface area contributed by atoms with Gasteiger partial charge in [0.1, 0.15) is 0 Å². The third kappa shape index (κ3) is 1.93. The first kappa shape index (κ1) is 12.8. The molecule has 0 spiro atoms. The fourth-order valence-electron chi connectivity index (χ4n) is 2.26. The summed E-state index contributed by atoms with van der Waals surface area (Å²) >= 11 is 0. The molecule has 1 aromatic carbocycles. The maximum absolute atomic E-state index is 5.77. The summed E-state index contributed by atoms with van der Waals surface area (Å²) in [5.41, 5.74) is 8.14. The lowest BCUT2D eigenvalue weighted by Crippen LogP contribution is -2.08. The molecule has 0 bridgehead atoms. The Hall–Kier alpha value is -1.68. The zero-order chi connectivity index (χ0) is 13.3. The van der Waals surface area contributed by atoms with Crippen molar-refractivity contribution in [2.45, 2.75) is 12.8 Å². The zero-order valence-corrected chi connectivity index (χ0v) is 11.4. The van der Waals surface area contributed by atoms with Gasteiger partial charge in [-0.25, -0.2) is 0 Å². The number of hydrogen-bond acceptors (Lipinski definition) is 3. The molecule has 1 aromatic heterocycles. The number of hydrogen-bond donors (Lipinski definition) is 1. The van der Waals surface area contributed by atoms with Gasteiger partial charge in [-0.1, -0.05) is 6.92 Å². The number of ether oxygens (including phenoxy) is 2. The van der Waals surface area contributed by atoms with Gasteiger partial charge >= 0.3 is 0 Å². The highest BCUT2D eigenvalue weighted by atomic mass is 16.5. The summed E-state index contributed by atoms with van der Waals surface area (Å²) in [7, 11) is 5.33. The molecule has 18 heavy (non-hydrogen) atoms. The molecule has 1 heterocycles. The summed E-state index contributed by atoms with van der Waals surface area (Å²) in [5, 5.41) is 1.17. The van der Waals surface area contributed by atoms with Crippen LogP contribution in [0.1, 0.15) is 18.4 Å².